The molecule has 3 aromatic rings. The molecule has 3 N–H and O–H groups in total. The van der Waals surface area contributed by atoms with Gasteiger partial charge in [-0.05, 0) is 41.3 Å². The zero-order valence-electron chi connectivity index (χ0n) is 15.5. The highest BCUT2D eigenvalue weighted by atomic mass is 32.2. The molecule has 0 radical (unpaired) electrons. The van der Waals surface area contributed by atoms with Crippen LogP contribution in [0.25, 0.3) is 11.1 Å². The second-order valence-electron chi connectivity index (χ2n) is 6.65. The van der Waals surface area contributed by atoms with Crippen molar-refractivity contribution < 1.29 is 13.2 Å². The molecule has 0 aliphatic heterocycles. The summed E-state index contributed by atoms with van der Waals surface area (Å²) in [4.78, 5) is 12.4. The van der Waals surface area contributed by atoms with Crippen LogP contribution in [-0.4, -0.2) is 14.3 Å². The van der Waals surface area contributed by atoms with Crippen molar-refractivity contribution in [2.45, 2.75) is 24.3 Å². The van der Waals surface area contributed by atoms with Gasteiger partial charge in [0, 0.05) is 0 Å². The summed E-state index contributed by atoms with van der Waals surface area (Å²) >= 11 is 0. The molecule has 28 heavy (non-hydrogen) atoms. The van der Waals surface area contributed by atoms with Crippen LogP contribution in [0.3, 0.4) is 0 Å². The van der Waals surface area contributed by atoms with E-state index in [4.69, 9.17) is 5.14 Å². The van der Waals surface area contributed by atoms with Crippen molar-refractivity contribution in [1.29, 1.82) is 0 Å². The number of rotatable bonds is 6. The molecule has 0 heterocycles. The maximum atomic E-state index is 12.4. The first-order valence-corrected chi connectivity index (χ1v) is 10.4. The molecular formula is C22H22N2O3S. The van der Waals surface area contributed by atoms with Gasteiger partial charge in [-0.15, -0.1) is 0 Å². The molecule has 0 saturated heterocycles. The number of hydrogen-bond acceptors (Lipinski definition) is 3. The van der Waals surface area contributed by atoms with E-state index in [-0.39, 0.29) is 23.3 Å². The predicted octanol–water partition coefficient (Wildman–Crippen LogP) is 3.42. The van der Waals surface area contributed by atoms with Gasteiger partial charge in [0.1, 0.15) is 0 Å². The van der Waals surface area contributed by atoms with Gasteiger partial charge in [-0.3, -0.25) is 4.79 Å². The van der Waals surface area contributed by atoms with Crippen LogP contribution in [0.2, 0.25) is 0 Å². The van der Waals surface area contributed by atoms with E-state index in [0.717, 1.165) is 16.7 Å². The van der Waals surface area contributed by atoms with Crippen LogP contribution in [0.5, 0.6) is 0 Å². The summed E-state index contributed by atoms with van der Waals surface area (Å²) < 4.78 is 23.0. The first-order valence-electron chi connectivity index (χ1n) is 8.89. The lowest BCUT2D eigenvalue weighted by Gasteiger charge is -2.15. The third-order valence-electron chi connectivity index (χ3n) is 4.49. The summed E-state index contributed by atoms with van der Waals surface area (Å²) in [5.74, 6) is -0.138. The fraction of sp³-hybridized carbons (Fsp3) is 0.136. The minimum absolute atomic E-state index is 0.0302. The highest BCUT2D eigenvalue weighted by Gasteiger charge is 2.14. The molecule has 6 heteroatoms. The largest absolute Gasteiger partial charge is 0.349 e. The van der Waals surface area contributed by atoms with E-state index >= 15 is 0 Å². The second-order valence-corrected chi connectivity index (χ2v) is 8.21. The summed E-state index contributed by atoms with van der Waals surface area (Å²) in [5.41, 5.74) is 3.81. The summed E-state index contributed by atoms with van der Waals surface area (Å²) in [6.07, 6.45) is 0.244. The Morgan fingerprint density at radius 3 is 2.21 bits per heavy atom. The van der Waals surface area contributed by atoms with E-state index < -0.39 is 10.0 Å². The van der Waals surface area contributed by atoms with Crippen LogP contribution >= 0.6 is 0 Å². The molecule has 1 atom stereocenters. The van der Waals surface area contributed by atoms with E-state index in [0.29, 0.717) is 5.56 Å². The van der Waals surface area contributed by atoms with Gasteiger partial charge in [0.2, 0.25) is 15.9 Å². The smallest absolute Gasteiger partial charge is 0.238 e. The van der Waals surface area contributed by atoms with Gasteiger partial charge >= 0.3 is 0 Å². The fourth-order valence-electron chi connectivity index (χ4n) is 2.97. The first kappa shape index (κ1) is 19.8. The number of nitrogens with two attached hydrogens (primary N) is 1. The van der Waals surface area contributed by atoms with Gasteiger partial charge in [0.25, 0.3) is 0 Å². The van der Waals surface area contributed by atoms with Crippen LogP contribution in [0.1, 0.15) is 24.1 Å². The van der Waals surface area contributed by atoms with Gasteiger partial charge < -0.3 is 5.32 Å². The standard InChI is InChI=1S/C22H22N2O3S/c1-16(20-8-5-9-21(15-20)28(23,26)27)24-22(25)14-17-10-12-19(13-11-17)18-6-3-2-4-7-18/h2-13,15-16H,14H2,1H3,(H,24,25)(H2,23,26,27). The minimum Gasteiger partial charge on any atom is -0.349 e. The van der Waals surface area contributed by atoms with Crippen molar-refractivity contribution in [3.63, 3.8) is 0 Å². The molecule has 0 bridgehead atoms. The Hall–Kier alpha value is -2.96. The Labute approximate surface area is 165 Å². The second kappa shape index (κ2) is 8.37. The third kappa shape index (κ3) is 5.06. The van der Waals surface area contributed by atoms with Crippen molar-refractivity contribution in [2.75, 3.05) is 0 Å². The fourth-order valence-corrected chi connectivity index (χ4v) is 3.54. The Morgan fingerprint density at radius 2 is 1.57 bits per heavy atom. The van der Waals surface area contributed by atoms with Crippen LogP contribution in [0, 0.1) is 0 Å². The van der Waals surface area contributed by atoms with Crippen molar-refractivity contribution in [3.8, 4) is 11.1 Å². The van der Waals surface area contributed by atoms with E-state index in [1.54, 1.807) is 19.1 Å². The quantitative estimate of drug-likeness (QED) is 0.671. The lowest BCUT2D eigenvalue weighted by atomic mass is 10.0. The van der Waals surface area contributed by atoms with Crippen molar-refractivity contribution >= 4 is 15.9 Å². The molecule has 5 nitrogen and oxygen atoms in total. The first-order chi connectivity index (χ1) is 13.3. The molecule has 0 fully saturated rings. The van der Waals surface area contributed by atoms with E-state index in [9.17, 15) is 13.2 Å². The molecule has 144 valence electrons. The number of sulfonamides is 1. The van der Waals surface area contributed by atoms with E-state index in [1.807, 2.05) is 54.6 Å². The topological polar surface area (TPSA) is 89.3 Å². The highest BCUT2D eigenvalue weighted by Crippen LogP contribution is 2.20. The number of amides is 1. The number of carbonyl (C=O) groups excluding carboxylic acids is 1. The summed E-state index contributed by atoms with van der Waals surface area (Å²) in [6.45, 7) is 1.80. The zero-order valence-corrected chi connectivity index (χ0v) is 16.3. The molecule has 0 spiro atoms. The number of primary sulfonamides is 1. The SMILES string of the molecule is CC(NC(=O)Cc1ccc(-c2ccccc2)cc1)c1cccc(S(N)(=O)=O)c1. The highest BCUT2D eigenvalue weighted by molar-refractivity contribution is 7.89. The molecule has 1 amide bonds. The van der Waals surface area contributed by atoms with E-state index in [1.165, 1.54) is 12.1 Å². The van der Waals surface area contributed by atoms with Gasteiger partial charge in [-0.25, -0.2) is 13.6 Å². The third-order valence-corrected chi connectivity index (χ3v) is 5.40. The number of benzene rings is 3. The van der Waals surface area contributed by atoms with Gasteiger partial charge in [-0.2, -0.15) is 0 Å². The molecule has 0 aliphatic rings. The molecule has 3 rings (SSSR count). The average Bonchev–Trinajstić information content (AvgIpc) is 2.68. The molecule has 0 aliphatic carbocycles. The Bertz CT molecular complexity index is 1060. The monoisotopic (exact) mass is 394 g/mol. The van der Waals surface area contributed by atoms with Crippen molar-refractivity contribution in [2.24, 2.45) is 5.14 Å². The Kier molecular flexibility index (Phi) is 5.92. The zero-order chi connectivity index (χ0) is 20.1. The molecule has 3 aromatic carbocycles. The maximum absolute atomic E-state index is 12.4. The summed E-state index contributed by atoms with van der Waals surface area (Å²) in [5, 5.41) is 8.06. The van der Waals surface area contributed by atoms with Gasteiger partial charge in [-0.1, -0.05) is 66.7 Å². The van der Waals surface area contributed by atoms with Crippen LogP contribution in [0.15, 0.2) is 83.8 Å². The Morgan fingerprint density at radius 1 is 0.929 bits per heavy atom. The van der Waals surface area contributed by atoms with Gasteiger partial charge in [0.05, 0.1) is 17.4 Å². The summed E-state index contributed by atoms with van der Waals surface area (Å²) in [7, 11) is -3.78. The summed E-state index contributed by atoms with van der Waals surface area (Å²) in [6, 6.07) is 23.9. The number of hydrogen-bond donors (Lipinski definition) is 2. The number of nitrogens with one attached hydrogen (secondary N) is 1. The molecule has 0 aromatic heterocycles. The van der Waals surface area contributed by atoms with Crippen molar-refractivity contribution in [3.05, 3.63) is 90.0 Å². The van der Waals surface area contributed by atoms with Crippen LogP contribution < -0.4 is 10.5 Å². The van der Waals surface area contributed by atoms with Crippen LogP contribution in [-0.2, 0) is 21.2 Å². The lowest BCUT2D eigenvalue weighted by molar-refractivity contribution is -0.121. The number of carbonyl (C=O) groups is 1. The van der Waals surface area contributed by atoms with Crippen molar-refractivity contribution in [1.82, 2.24) is 5.32 Å². The Balaban J connectivity index is 1.64. The molecule has 1 unspecified atom stereocenters. The minimum atomic E-state index is -3.78. The average molecular weight is 394 g/mol. The van der Waals surface area contributed by atoms with Gasteiger partial charge in [0.15, 0.2) is 0 Å². The van der Waals surface area contributed by atoms with E-state index in [2.05, 4.69) is 5.32 Å². The lowest BCUT2D eigenvalue weighted by Crippen LogP contribution is -2.28. The normalized spacial score (nSPS) is 12.4. The molecule has 0 saturated carbocycles. The maximum Gasteiger partial charge on any atom is 0.238 e. The predicted molar refractivity (Wildman–Crippen MR) is 110 cm³/mol. The molecular weight excluding hydrogens is 372 g/mol. The van der Waals surface area contributed by atoms with Crippen LogP contribution in [0.4, 0.5) is 0 Å².